The van der Waals surface area contributed by atoms with E-state index in [9.17, 15) is 9.18 Å². The average molecular weight is 295 g/mol. The van der Waals surface area contributed by atoms with Crippen molar-refractivity contribution in [3.05, 3.63) is 52.8 Å². The van der Waals surface area contributed by atoms with Gasteiger partial charge in [0.1, 0.15) is 0 Å². The highest BCUT2D eigenvalue weighted by Crippen LogP contribution is 2.25. The second kappa shape index (κ2) is 5.79. The number of methoxy groups -OCH3 is 1. The molecule has 6 heteroatoms. The molecule has 0 atom stereocenters. The second-order valence-electron chi connectivity index (χ2n) is 4.04. The highest BCUT2D eigenvalue weighted by atomic mass is 35.5. The first-order valence-corrected chi connectivity index (χ1v) is 6.09. The molecule has 0 saturated carbocycles. The molecule has 0 fully saturated rings. The number of nitrogens with one attached hydrogen (secondary N) is 1. The largest absolute Gasteiger partial charge is 0.494 e. The van der Waals surface area contributed by atoms with Gasteiger partial charge in [-0.3, -0.25) is 4.79 Å². The van der Waals surface area contributed by atoms with Crippen molar-refractivity contribution < 1.29 is 13.9 Å². The van der Waals surface area contributed by atoms with Gasteiger partial charge < -0.3 is 15.8 Å². The van der Waals surface area contributed by atoms with Gasteiger partial charge in [-0.05, 0) is 36.4 Å². The van der Waals surface area contributed by atoms with Crippen LogP contribution in [0, 0.1) is 5.82 Å². The third-order valence-corrected chi connectivity index (χ3v) is 2.98. The SMILES string of the molecule is COc1ccc(C(=O)Nc2cc(N)ccc2Cl)cc1F. The van der Waals surface area contributed by atoms with Crippen molar-refractivity contribution in [2.24, 2.45) is 0 Å². The lowest BCUT2D eigenvalue weighted by atomic mass is 10.2. The number of hydrogen-bond acceptors (Lipinski definition) is 3. The molecule has 20 heavy (non-hydrogen) atoms. The molecule has 0 saturated heterocycles. The molecule has 0 aliphatic carbocycles. The van der Waals surface area contributed by atoms with E-state index in [-0.39, 0.29) is 11.3 Å². The summed E-state index contributed by atoms with van der Waals surface area (Å²) in [6.07, 6.45) is 0. The number of anilines is 2. The minimum Gasteiger partial charge on any atom is -0.494 e. The molecule has 0 heterocycles. The molecule has 0 aliphatic heterocycles. The van der Waals surface area contributed by atoms with Crippen LogP contribution in [0.4, 0.5) is 15.8 Å². The van der Waals surface area contributed by atoms with Crippen LogP contribution in [0.2, 0.25) is 5.02 Å². The summed E-state index contributed by atoms with van der Waals surface area (Å²) in [5, 5.41) is 2.92. The first kappa shape index (κ1) is 14.1. The summed E-state index contributed by atoms with van der Waals surface area (Å²) in [6.45, 7) is 0. The van der Waals surface area contributed by atoms with E-state index < -0.39 is 11.7 Å². The van der Waals surface area contributed by atoms with Gasteiger partial charge >= 0.3 is 0 Å². The monoisotopic (exact) mass is 294 g/mol. The summed E-state index contributed by atoms with van der Waals surface area (Å²) in [5.41, 5.74) is 6.60. The molecule has 0 aliphatic rings. The minimum atomic E-state index is -0.612. The standard InChI is InChI=1S/C14H12ClFN2O2/c1-20-13-5-2-8(6-11(13)16)14(19)18-12-7-9(17)3-4-10(12)15/h2-7H,17H2,1H3,(H,18,19). The Morgan fingerprint density at radius 3 is 2.70 bits per heavy atom. The predicted molar refractivity (Wildman–Crippen MR) is 76.8 cm³/mol. The first-order valence-electron chi connectivity index (χ1n) is 5.71. The van der Waals surface area contributed by atoms with Crippen molar-refractivity contribution in [3.63, 3.8) is 0 Å². The summed E-state index contributed by atoms with van der Waals surface area (Å²) in [4.78, 5) is 12.0. The maximum absolute atomic E-state index is 13.5. The Labute approximate surface area is 120 Å². The first-order chi connectivity index (χ1) is 9.51. The van der Waals surface area contributed by atoms with E-state index >= 15 is 0 Å². The Morgan fingerprint density at radius 1 is 1.30 bits per heavy atom. The molecule has 0 spiro atoms. The molecular formula is C14H12ClFN2O2. The summed E-state index contributed by atoms with van der Waals surface area (Å²) in [7, 11) is 1.35. The van der Waals surface area contributed by atoms with E-state index in [0.717, 1.165) is 6.07 Å². The number of hydrogen-bond donors (Lipinski definition) is 2. The zero-order valence-corrected chi connectivity index (χ0v) is 11.4. The Morgan fingerprint density at radius 2 is 2.05 bits per heavy atom. The van der Waals surface area contributed by atoms with Gasteiger partial charge in [0, 0.05) is 11.3 Å². The van der Waals surface area contributed by atoms with Crippen molar-refractivity contribution in [2.45, 2.75) is 0 Å². The Hall–Kier alpha value is -2.27. The van der Waals surface area contributed by atoms with E-state index in [2.05, 4.69) is 5.32 Å². The molecule has 104 valence electrons. The molecule has 0 unspecified atom stereocenters. The molecule has 0 bridgehead atoms. The molecule has 2 aromatic carbocycles. The fraction of sp³-hybridized carbons (Fsp3) is 0.0714. The molecule has 0 radical (unpaired) electrons. The summed E-state index contributed by atoms with van der Waals surface area (Å²) in [5.74, 6) is -1.03. The van der Waals surface area contributed by atoms with E-state index in [1.807, 2.05) is 0 Å². The summed E-state index contributed by atoms with van der Waals surface area (Å²) < 4.78 is 18.3. The highest BCUT2D eigenvalue weighted by Gasteiger charge is 2.12. The van der Waals surface area contributed by atoms with E-state index in [1.165, 1.54) is 25.3 Å². The Kier molecular flexibility index (Phi) is 4.10. The number of benzene rings is 2. The number of carbonyl (C=O) groups excluding carboxylic acids is 1. The lowest BCUT2D eigenvalue weighted by molar-refractivity contribution is 0.102. The number of ether oxygens (including phenoxy) is 1. The second-order valence-corrected chi connectivity index (χ2v) is 4.45. The molecule has 4 nitrogen and oxygen atoms in total. The molecule has 1 amide bonds. The van der Waals surface area contributed by atoms with Crippen LogP contribution in [-0.4, -0.2) is 13.0 Å². The van der Waals surface area contributed by atoms with Gasteiger partial charge in [0.15, 0.2) is 11.6 Å². The highest BCUT2D eigenvalue weighted by molar-refractivity contribution is 6.34. The topological polar surface area (TPSA) is 64.3 Å². The molecule has 0 aromatic heterocycles. The molecule has 2 rings (SSSR count). The van der Waals surface area contributed by atoms with E-state index in [0.29, 0.717) is 16.4 Å². The Bertz CT molecular complexity index is 662. The van der Waals surface area contributed by atoms with Crippen molar-refractivity contribution in [3.8, 4) is 5.75 Å². The summed E-state index contributed by atoms with van der Waals surface area (Å²) >= 11 is 5.94. The van der Waals surface area contributed by atoms with Gasteiger partial charge in [0.25, 0.3) is 5.91 Å². The van der Waals surface area contributed by atoms with Crippen LogP contribution in [0.3, 0.4) is 0 Å². The van der Waals surface area contributed by atoms with Gasteiger partial charge in [-0.2, -0.15) is 0 Å². The van der Waals surface area contributed by atoms with Crippen LogP contribution in [0.15, 0.2) is 36.4 Å². The number of nitrogens with two attached hydrogens (primary N) is 1. The number of rotatable bonds is 3. The fourth-order valence-electron chi connectivity index (χ4n) is 1.64. The number of halogens is 2. The zero-order valence-electron chi connectivity index (χ0n) is 10.6. The van der Waals surface area contributed by atoms with Gasteiger partial charge in [0.2, 0.25) is 0 Å². The van der Waals surface area contributed by atoms with Gasteiger partial charge in [-0.1, -0.05) is 11.6 Å². The number of carbonyl (C=O) groups is 1. The predicted octanol–water partition coefficient (Wildman–Crippen LogP) is 3.32. The van der Waals surface area contributed by atoms with Gasteiger partial charge in [0.05, 0.1) is 17.8 Å². The van der Waals surface area contributed by atoms with Crippen molar-refractivity contribution in [1.82, 2.24) is 0 Å². The number of amides is 1. The lowest BCUT2D eigenvalue weighted by Crippen LogP contribution is -2.12. The van der Waals surface area contributed by atoms with Crippen molar-refractivity contribution in [1.29, 1.82) is 0 Å². The average Bonchev–Trinajstić information content (AvgIpc) is 2.42. The maximum Gasteiger partial charge on any atom is 0.255 e. The summed E-state index contributed by atoms with van der Waals surface area (Å²) in [6, 6.07) is 8.64. The van der Waals surface area contributed by atoms with Crippen LogP contribution < -0.4 is 15.8 Å². The molecule has 2 aromatic rings. The van der Waals surface area contributed by atoms with Crippen LogP contribution >= 0.6 is 11.6 Å². The normalized spacial score (nSPS) is 10.2. The number of nitrogen functional groups attached to an aromatic ring is 1. The van der Waals surface area contributed by atoms with Gasteiger partial charge in [-0.25, -0.2) is 4.39 Å². The van der Waals surface area contributed by atoms with E-state index in [4.69, 9.17) is 22.1 Å². The van der Waals surface area contributed by atoms with Crippen LogP contribution in [-0.2, 0) is 0 Å². The van der Waals surface area contributed by atoms with E-state index in [1.54, 1.807) is 12.1 Å². The van der Waals surface area contributed by atoms with Crippen molar-refractivity contribution in [2.75, 3.05) is 18.2 Å². The molecular weight excluding hydrogens is 283 g/mol. The van der Waals surface area contributed by atoms with Gasteiger partial charge in [-0.15, -0.1) is 0 Å². The zero-order chi connectivity index (χ0) is 14.7. The third-order valence-electron chi connectivity index (χ3n) is 2.65. The quantitative estimate of drug-likeness (QED) is 0.854. The molecule has 3 N–H and O–H groups in total. The lowest BCUT2D eigenvalue weighted by Gasteiger charge is -2.09. The Balaban J connectivity index is 2.24. The third kappa shape index (κ3) is 3.00. The minimum absolute atomic E-state index is 0.0727. The smallest absolute Gasteiger partial charge is 0.255 e. The van der Waals surface area contributed by atoms with Crippen LogP contribution in [0.25, 0.3) is 0 Å². The van der Waals surface area contributed by atoms with Crippen LogP contribution in [0.1, 0.15) is 10.4 Å². The van der Waals surface area contributed by atoms with Crippen molar-refractivity contribution >= 4 is 28.9 Å². The van der Waals surface area contributed by atoms with Crippen LogP contribution in [0.5, 0.6) is 5.75 Å². The maximum atomic E-state index is 13.5. The fourth-order valence-corrected chi connectivity index (χ4v) is 1.81.